The first-order valence-corrected chi connectivity index (χ1v) is 19.9. The van der Waals surface area contributed by atoms with Gasteiger partial charge in [-0.1, -0.05) is 58.5 Å². The van der Waals surface area contributed by atoms with Crippen LogP contribution in [0.3, 0.4) is 0 Å². The standard InChI is InChI=1S/C37H67N3O13/c1-9-13-17-43-21-24-26(39-40-38)29(45-19-15-11-3)32(34(42-8)49-24)51-36-33-31(52-37(6,7)53-33)28(23(5)48-36)50-35-30(46-20-16-12-4)27(41)25(22-47-35)44-18-14-10-2/h23-36,41H,9-22H2,1-8H3/t23-,24-,25-,26+,27?,28+,29?,30?,31?,32?,33?,34+,35+,36+/m1/s1. The number of rotatable bonds is 23. The van der Waals surface area contributed by atoms with Crippen LogP contribution in [0.15, 0.2) is 5.11 Å². The van der Waals surface area contributed by atoms with E-state index in [2.05, 4.69) is 37.7 Å². The summed E-state index contributed by atoms with van der Waals surface area (Å²) in [4.78, 5) is 3.15. The molecule has 4 heterocycles. The maximum absolute atomic E-state index is 11.4. The molecular formula is C37H67N3O13. The molecule has 53 heavy (non-hydrogen) atoms. The Kier molecular flexibility index (Phi) is 18.9. The lowest BCUT2D eigenvalue weighted by molar-refractivity contribution is -0.363. The Balaban J connectivity index is 1.55. The highest BCUT2D eigenvalue weighted by Gasteiger charge is 2.59. The maximum Gasteiger partial charge on any atom is 0.187 e. The van der Waals surface area contributed by atoms with Crippen LogP contribution in [-0.2, 0) is 56.8 Å². The molecule has 14 atom stereocenters. The third kappa shape index (κ3) is 12.1. The number of unbranched alkanes of at least 4 members (excludes halogenated alkanes) is 4. The van der Waals surface area contributed by atoms with E-state index in [0.29, 0.717) is 26.4 Å². The molecule has 0 aliphatic carbocycles. The van der Waals surface area contributed by atoms with E-state index >= 15 is 0 Å². The second-order valence-corrected chi connectivity index (χ2v) is 14.7. The van der Waals surface area contributed by atoms with Crippen molar-refractivity contribution in [2.24, 2.45) is 5.11 Å². The summed E-state index contributed by atoms with van der Waals surface area (Å²) in [6.45, 7) is 16.1. The summed E-state index contributed by atoms with van der Waals surface area (Å²) < 4.78 is 75.7. The Morgan fingerprint density at radius 2 is 1.36 bits per heavy atom. The number of hydrogen-bond acceptors (Lipinski definition) is 14. The van der Waals surface area contributed by atoms with Crippen LogP contribution in [0.1, 0.15) is 99.8 Å². The molecule has 308 valence electrons. The van der Waals surface area contributed by atoms with E-state index in [-0.39, 0.29) is 13.2 Å². The summed E-state index contributed by atoms with van der Waals surface area (Å²) in [6.07, 6.45) is -2.86. The molecule has 4 aliphatic heterocycles. The lowest BCUT2D eigenvalue weighted by Crippen LogP contribution is -2.65. The quantitative estimate of drug-likeness (QED) is 0.0625. The fourth-order valence-electron chi connectivity index (χ4n) is 7.02. The topological polar surface area (TPSA) is 180 Å². The minimum absolute atomic E-state index is 0.143. The van der Waals surface area contributed by atoms with Crippen LogP contribution in [0.25, 0.3) is 10.4 Å². The minimum atomic E-state index is -1.01. The Bertz CT molecular complexity index is 1090. The summed E-state index contributed by atoms with van der Waals surface area (Å²) in [5, 5.41) is 15.5. The third-order valence-electron chi connectivity index (χ3n) is 9.97. The van der Waals surface area contributed by atoms with Gasteiger partial charge in [0.15, 0.2) is 24.7 Å². The molecule has 0 saturated carbocycles. The minimum Gasteiger partial charge on any atom is -0.387 e. The number of aliphatic hydroxyl groups excluding tert-OH is 1. The molecule has 0 aromatic carbocycles. The Morgan fingerprint density at radius 3 is 2.00 bits per heavy atom. The monoisotopic (exact) mass is 761 g/mol. The van der Waals surface area contributed by atoms with Crippen molar-refractivity contribution in [3.63, 3.8) is 0 Å². The molecule has 0 spiro atoms. The van der Waals surface area contributed by atoms with Gasteiger partial charge in [0.05, 0.1) is 37.6 Å². The van der Waals surface area contributed by atoms with Crippen molar-refractivity contribution in [3.8, 4) is 0 Å². The highest BCUT2D eigenvalue weighted by molar-refractivity contribution is 5.01. The zero-order valence-electron chi connectivity index (χ0n) is 33.2. The molecule has 1 N–H and O–H groups in total. The van der Waals surface area contributed by atoms with Crippen molar-refractivity contribution in [1.82, 2.24) is 0 Å². The van der Waals surface area contributed by atoms with Gasteiger partial charge in [-0.3, -0.25) is 0 Å². The first-order valence-electron chi connectivity index (χ1n) is 19.9. The number of azide groups is 1. The van der Waals surface area contributed by atoms with Crippen molar-refractivity contribution in [3.05, 3.63) is 10.4 Å². The van der Waals surface area contributed by atoms with Gasteiger partial charge in [0.1, 0.15) is 42.7 Å². The van der Waals surface area contributed by atoms with Crippen LogP contribution in [0.5, 0.6) is 0 Å². The van der Waals surface area contributed by atoms with Crippen molar-refractivity contribution < 1.29 is 61.9 Å². The van der Waals surface area contributed by atoms with Crippen LogP contribution in [-0.4, -0.2) is 144 Å². The highest BCUT2D eigenvalue weighted by Crippen LogP contribution is 2.42. The van der Waals surface area contributed by atoms with Gasteiger partial charge in [0, 0.05) is 38.4 Å². The van der Waals surface area contributed by atoms with Crippen LogP contribution in [0, 0.1) is 0 Å². The predicted octanol–water partition coefficient (Wildman–Crippen LogP) is 5.16. The number of methoxy groups -OCH3 is 1. The molecule has 0 bridgehead atoms. The molecule has 16 heteroatoms. The van der Waals surface area contributed by atoms with Gasteiger partial charge < -0.3 is 61.9 Å². The van der Waals surface area contributed by atoms with E-state index in [1.54, 1.807) is 0 Å². The summed E-state index contributed by atoms with van der Waals surface area (Å²) in [5.41, 5.74) is 9.62. The number of nitrogens with zero attached hydrogens (tertiary/aromatic N) is 3. The van der Waals surface area contributed by atoms with E-state index in [9.17, 15) is 10.6 Å². The molecule has 16 nitrogen and oxygen atoms in total. The van der Waals surface area contributed by atoms with Crippen molar-refractivity contribution >= 4 is 0 Å². The normalized spacial score (nSPS) is 38.4. The van der Waals surface area contributed by atoms with Crippen LogP contribution in [0.2, 0.25) is 0 Å². The SMILES string of the molecule is CCCCOC[C@H]1O[C@H](OC)C(O[C@@H]2O[C@H](C)[C@H](O[C@@H]3OC[C@@H](OCCCC)C(O)C3OCCCC)C3OC(C)(C)OC32)C(OCCCC)[C@H]1N=[N+]=[N-]. The first-order chi connectivity index (χ1) is 25.6. The Hall–Kier alpha value is -1.21. The van der Waals surface area contributed by atoms with Crippen LogP contribution < -0.4 is 0 Å². The summed E-state index contributed by atoms with van der Waals surface area (Å²) >= 11 is 0. The van der Waals surface area contributed by atoms with E-state index in [0.717, 1.165) is 51.4 Å². The molecule has 0 aromatic rings. The average molecular weight is 762 g/mol. The molecule has 4 saturated heterocycles. The summed E-state index contributed by atoms with van der Waals surface area (Å²) in [7, 11) is 1.53. The fourth-order valence-corrected chi connectivity index (χ4v) is 7.02. The molecule has 0 radical (unpaired) electrons. The highest BCUT2D eigenvalue weighted by atomic mass is 16.8. The molecule has 4 fully saturated rings. The van der Waals surface area contributed by atoms with Gasteiger partial charge in [-0.15, -0.1) is 0 Å². The van der Waals surface area contributed by atoms with E-state index in [4.69, 9.17) is 56.8 Å². The largest absolute Gasteiger partial charge is 0.387 e. The number of aliphatic hydroxyl groups is 1. The lowest BCUT2D eigenvalue weighted by Gasteiger charge is -2.48. The van der Waals surface area contributed by atoms with E-state index in [1.807, 2.05) is 20.8 Å². The summed E-state index contributed by atoms with van der Waals surface area (Å²) in [5.74, 6) is -1.01. The van der Waals surface area contributed by atoms with Gasteiger partial charge in [-0.2, -0.15) is 0 Å². The van der Waals surface area contributed by atoms with Gasteiger partial charge >= 0.3 is 0 Å². The van der Waals surface area contributed by atoms with Crippen molar-refractivity contribution in [2.75, 3.05) is 46.8 Å². The molecule has 0 aromatic heterocycles. The van der Waals surface area contributed by atoms with Crippen molar-refractivity contribution in [1.29, 1.82) is 0 Å². The number of ether oxygens (including phenoxy) is 12. The average Bonchev–Trinajstić information content (AvgIpc) is 3.47. The zero-order valence-corrected chi connectivity index (χ0v) is 33.2. The second kappa shape index (κ2) is 22.5. The molecular weight excluding hydrogens is 694 g/mol. The fraction of sp³-hybridized carbons (Fsp3) is 1.00. The predicted molar refractivity (Wildman–Crippen MR) is 192 cm³/mol. The van der Waals surface area contributed by atoms with Crippen LogP contribution in [0.4, 0.5) is 0 Å². The van der Waals surface area contributed by atoms with E-state index in [1.165, 1.54) is 7.11 Å². The molecule has 4 rings (SSSR count). The Labute approximate surface area is 315 Å². The molecule has 4 aliphatic rings. The van der Waals surface area contributed by atoms with Gasteiger partial charge in [0.2, 0.25) is 0 Å². The maximum atomic E-state index is 11.4. The summed E-state index contributed by atoms with van der Waals surface area (Å²) in [6, 6.07) is -0.769. The molecule has 6 unspecified atom stereocenters. The second-order valence-electron chi connectivity index (χ2n) is 14.7. The zero-order chi connectivity index (χ0) is 38.4. The third-order valence-corrected chi connectivity index (χ3v) is 9.97. The smallest absolute Gasteiger partial charge is 0.187 e. The van der Waals surface area contributed by atoms with Gasteiger partial charge in [-0.25, -0.2) is 0 Å². The van der Waals surface area contributed by atoms with Crippen molar-refractivity contribution in [2.45, 2.75) is 192 Å². The number of fused-ring (bicyclic) bond motifs is 1. The van der Waals surface area contributed by atoms with Gasteiger partial charge in [0.25, 0.3) is 0 Å². The number of hydrogen-bond donors (Lipinski definition) is 1. The first kappa shape index (κ1) is 44.5. The molecule has 0 amide bonds. The lowest BCUT2D eigenvalue weighted by atomic mass is 9.95. The van der Waals surface area contributed by atoms with E-state index < -0.39 is 91.7 Å². The Morgan fingerprint density at radius 1 is 0.755 bits per heavy atom. The van der Waals surface area contributed by atoms with Crippen LogP contribution >= 0.6 is 0 Å². The van der Waals surface area contributed by atoms with Gasteiger partial charge in [-0.05, 0) is 52.0 Å².